The van der Waals surface area contributed by atoms with Gasteiger partial charge in [-0.15, -0.1) is 0 Å². The van der Waals surface area contributed by atoms with Gasteiger partial charge in [-0.1, -0.05) is 6.07 Å². The maximum atomic E-state index is 13.9. The number of carbonyl (C=O) groups is 1. The summed E-state index contributed by atoms with van der Waals surface area (Å²) in [6.45, 7) is 1.72. The van der Waals surface area contributed by atoms with E-state index >= 15 is 0 Å². The van der Waals surface area contributed by atoms with Crippen molar-refractivity contribution < 1.29 is 32.2 Å². The van der Waals surface area contributed by atoms with Crippen LogP contribution < -0.4 is 15.4 Å². The number of ether oxygens (including phenoxy) is 1. The summed E-state index contributed by atoms with van der Waals surface area (Å²) in [7, 11) is 0.813. The quantitative estimate of drug-likeness (QED) is 0.325. The fourth-order valence-electron chi connectivity index (χ4n) is 2.06. The Hall–Kier alpha value is -2.88. The molecule has 0 spiro atoms. The van der Waals surface area contributed by atoms with Gasteiger partial charge in [0, 0.05) is 0 Å². The first-order valence-corrected chi connectivity index (χ1v) is 7.40. The number of thiocarbonyl (C=S) groups is 1. The zero-order valence-corrected chi connectivity index (χ0v) is 14.2. The van der Waals surface area contributed by atoms with E-state index in [0.717, 1.165) is 12.7 Å². The van der Waals surface area contributed by atoms with Crippen LogP contribution in [0.4, 0.5) is 23.2 Å². The van der Waals surface area contributed by atoms with Gasteiger partial charge in [0.05, 0.1) is 12.8 Å². The number of aryl methyl sites for hydroxylation is 1. The van der Waals surface area contributed by atoms with Crippen molar-refractivity contribution in [3.63, 3.8) is 0 Å². The number of methoxy groups -OCH3 is 1. The fraction of sp³-hybridized carbons (Fsp3) is 0.125. The van der Waals surface area contributed by atoms with Crippen LogP contribution in [0.5, 0.6) is 11.5 Å². The molecule has 0 saturated heterocycles. The zero-order chi connectivity index (χ0) is 19.6. The second-order valence-electron chi connectivity index (χ2n) is 5.09. The average molecular weight is 388 g/mol. The van der Waals surface area contributed by atoms with E-state index in [-0.39, 0.29) is 11.4 Å². The molecule has 0 fully saturated rings. The molecule has 0 atom stereocenters. The Bertz CT molecular complexity index is 877. The second kappa shape index (κ2) is 7.56. The van der Waals surface area contributed by atoms with Crippen molar-refractivity contribution in [3.8, 4) is 11.5 Å². The van der Waals surface area contributed by atoms with Crippen LogP contribution in [0.25, 0.3) is 0 Å². The van der Waals surface area contributed by atoms with Gasteiger partial charge in [0.15, 0.2) is 22.5 Å². The van der Waals surface area contributed by atoms with E-state index in [1.165, 1.54) is 12.1 Å². The molecule has 0 aromatic heterocycles. The summed E-state index contributed by atoms with van der Waals surface area (Å²) in [6.07, 6.45) is 0. The first-order valence-electron chi connectivity index (χ1n) is 6.99. The van der Waals surface area contributed by atoms with E-state index in [1.54, 1.807) is 13.0 Å². The lowest BCUT2D eigenvalue weighted by Crippen LogP contribution is -2.35. The van der Waals surface area contributed by atoms with E-state index < -0.39 is 45.6 Å². The summed E-state index contributed by atoms with van der Waals surface area (Å²) >= 11 is 4.80. The fourth-order valence-corrected chi connectivity index (χ4v) is 2.26. The average Bonchev–Trinajstić information content (AvgIpc) is 2.57. The first-order chi connectivity index (χ1) is 12.2. The van der Waals surface area contributed by atoms with E-state index in [2.05, 4.69) is 10.1 Å². The number of hydrogen-bond acceptors (Lipinski definition) is 4. The molecule has 2 aromatic rings. The van der Waals surface area contributed by atoms with Crippen molar-refractivity contribution in [2.24, 2.45) is 0 Å². The number of anilines is 1. The van der Waals surface area contributed by atoms with Gasteiger partial charge < -0.3 is 15.2 Å². The summed E-state index contributed by atoms with van der Waals surface area (Å²) in [5.74, 6) is -10.6. The van der Waals surface area contributed by atoms with Gasteiger partial charge >= 0.3 is 0 Å². The molecule has 3 N–H and O–H groups in total. The summed E-state index contributed by atoms with van der Waals surface area (Å²) in [6, 6.07) is 4.45. The Morgan fingerprint density at radius 2 is 1.69 bits per heavy atom. The second-order valence-corrected chi connectivity index (χ2v) is 5.50. The molecule has 0 aliphatic heterocycles. The summed E-state index contributed by atoms with van der Waals surface area (Å²) in [5.41, 5.74) is -0.641. The predicted octanol–water partition coefficient (Wildman–Crippen LogP) is 3.39. The SMILES string of the molecule is COc1c(F)c(F)c(C(=O)NC(=S)Nc2cc(C)ccc2O)c(F)c1F. The Kier molecular flexibility index (Phi) is 5.66. The molecule has 1 amide bonds. The Labute approximate surface area is 150 Å². The van der Waals surface area contributed by atoms with Crippen LogP contribution in [0.1, 0.15) is 15.9 Å². The highest BCUT2D eigenvalue weighted by molar-refractivity contribution is 7.80. The van der Waals surface area contributed by atoms with Crippen molar-refractivity contribution in [3.05, 3.63) is 52.6 Å². The Morgan fingerprint density at radius 3 is 2.23 bits per heavy atom. The molecule has 0 bridgehead atoms. The van der Waals surface area contributed by atoms with Crippen LogP contribution in [0, 0.1) is 30.2 Å². The van der Waals surface area contributed by atoms with Crippen molar-refractivity contribution in [1.82, 2.24) is 5.32 Å². The summed E-state index contributed by atoms with van der Waals surface area (Å²) in [4.78, 5) is 12.0. The highest BCUT2D eigenvalue weighted by Crippen LogP contribution is 2.30. The normalized spacial score (nSPS) is 10.4. The van der Waals surface area contributed by atoms with Crippen molar-refractivity contribution in [2.45, 2.75) is 6.92 Å². The number of phenolic OH excluding ortho intramolecular Hbond substituents is 1. The van der Waals surface area contributed by atoms with Crippen molar-refractivity contribution >= 4 is 28.9 Å². The Balaban J connectivity index is 2.28. The molecule has 0 aliphatic rings. The number of nitrogens with one attached hydrogen (secondary N) is 2. The number of phenols is 1. The van der Waals surface area contributed by atoms with Crippen molar-refractivity contribution in [1.29, 1.82) is 0 Å². The molecular formula is C16H12F4N2O3S. The molecule has 0 heterocycles. The molecule has 0 saturated carbocycles. The molecular weight excluding hydrogens is 376 g/mol. The van der Waals surface area contributed by atoms with E-state index in [0.29, 0.717) is 0 Å². The molecule has 0 radical (unpaired) electrons. The number of carbonyl (C=O) groups excluding carboxylic acids is 1. The number of halogens is 4. The maximum Gasteiger partial charge on any atom is 0.263 e. The van der Waals surface area contributed by atoms with E-state index in [1.807, 2.05) is 5.32 Å². The van der Waals surface area contributed by atoms with E-state index in [4.69, 9.17) is 12.2 Å². The first kappa shape index (κ1) is 19.4. The van der Waals surface area contributed by atoms with Gasteiger partial charge in [-0.2, -0.15) is 8.78 Å². The molecule has 26 heavy (non-hydrogen) atoms. The van der Waals surface area contributed by atoms with Gasteiger partial charge in [0.2, 0.25) is 11.6 Å². The molecule has 138 valence electrons. The minimum absolute atomic E-state index is 0.114. The minimum Gasteiger partial charge on any atom is -0.506 e. The summed E-state index contributed by atoms with van der Waals surface area (Å²) < 4.78 is 59.4. The predicted molar refractivity (Wildman–Crippen MR) is 89.4 cm³/mol. The van der Waals surface area contributed by atoms with Crippen LogP contribution in [-0.4, -0.2) is 23.2 Å². The molecule has 0 aliphatic carbocycles. The Morgan fingerprint density at radius 1 is 1.12 bits per heavy atom. The number of amides is 1. The van der Waals surface area contributed by atoms with Crippen LogP contribution in [-0.2, 0) is 0 Å². The monoisotopic (exact) mass is 388 g/mol. The number of benzene rings is 2. The van der Waals surface area contributed by atoms with E-state index in [9.17, 15) is 27.5 Å². The lowest BCUT2D eigenvalue weighted by Gasteiger charge is -2.13. The topological polar surface area (TPSA) is 70.6 Å². The third-order valence-corrected chi connectivity index (χ3v) is 3.49. The maximum absolute atomic E-state index is 13.9. The number of hydrogen-bond donors (Lipinski definition) is 3. The van der Waals surface area contributed by atoms with Gasteiger partial charge in [0.25, 0.3) is 5.91 Å². The van der Waals surface area contributed by atoms with Gasteiger partial charge in [-0.25, -0.2) is 8.78 Å². The van der Waals surface area contributed by atoms with Gasteiger partial charge in [-0.3, -0.25) is 10.1 Å². The number of aromatic hydroxyl groups is 1. The lowest BCUT2D eigenvalue weighted by molar-refractivity contribution is 0.0966. The van der Waals surface area contributed by atoms with Crippen molar-refractivity contribution in [2.75, 3.05) is 12.4 Å². The van der Waals surface area contributed by atoms with Crippen LogP contribution in [0.3, 0.4) is 0 Å². The lowest BCUT2D eigenvalue weighted by atomic mass is 10.1. The largest absolute Gasteiger partial charge is 0.506 e. The highest BCUT2D eigenvalue weighted by atomic mass is 32.1. The third-order valence-electron chi connectivity index (χ3n) is 3.28. The molecule has 2 rings (SSSR count). The van der Waals surface area contributed by atoms with Crippen LogP contribution in [0.15, 0.2) is 18.2 Å². The molecule has 0 unspecified atom stereocenters. The zero-order valence-electron chi connectivity index (χ0n) is 13.4. The standard InChI is InChI=1S/C16H12F4N2O3S/c1-6-3-4-8(23)7(5-6)21-16(26)22-15(24)9-10(17)12(19)14(25-2)13(20)11(9)18/h3-5,23H,1-2H3,(H2,21,22,24,26). The number of rotatable bonds is 3. The highest BCUT2D eigenvalue weighted by Gasteiger charge is 2.30. The van der Waals surface area contributed by atoms with Crippen LogP contribution in [0.2, 0.25) is 0 Å². The van der Waals surface area contributed by atoms with Gasteiger partial charge in [0.1, 0.15) is 11.3 Å². The summed E-state index contributed by atoms with van der Waals surface area (Å²) in [5, 5.41) is 13.5. The van der Waals surface area contributed by atoms with Gasteiger partial charge in [-0.05, 0) is 36.8 Å². The molecule has 10 heteroatoms. The molecule has 2 aromatic carbocycles. The smallest absolute Gasteiger partial charge is 0.263 e. The third kappa shape index (κ3) is 3.69. The van der Waals surface area contributed by atoms with Crippen LogP contribution >= 0.6 is 12.2 Å². The molecule has 5 nitrogen and oxygen atoms in total. The minimum atomic E-state index is -1.93.